The molecular weight excluding hydrogens is 532 g/mol. The van der Waals surface area contributed by atoms with E-state index in [2.05, 4.69) is 15.4 Å². The fourth-order valence-electron chi connectivity index (χ4n) is 4.86. The number of carbonyl (C=O) groups excluding carboxylic acids is 4. The van der Waals surface area contributed by atoms with E-state index in [9.17, 15) is 32.7 Å². The molecule has 0 unspecified atom stereocenters. The summed E-state index contributed by atoms with van der Waals surface area (Å²) in [6, 6.07) is -2.33. The van der Waals surface area contributed by atoms with Gasteiger partial charge in [0.15, 0.2) is 0 Å². The van der Waals surface area contributed by atoms with E-state index in [1.165, 1.54) is 0 Å². The number of hydrogen-bond donors (Lipinski definition) is 4. The first-order chi connectivity index (χ1) is 18.2. The first kappa shape index (κ1) is 29.3. The molecule has 1 saturated heterocycles. The van der Waals surface area contributed by atoms with E-state index in [4.69, 9.17) is 9.47 Å². The van der Waals surface area contributed by atoms with Gasteiger partial charge in [-0.2, -0.15) is 0 Å². The van der Waals surface area contributed by atoms with E-state index in [0.717, 1.165) is 4.90 Å². The lowest BCUT2D eigenvalue weighted by molar-refractivity contribution is -0.142. The van der Waals surface area contributed by atoms with Crippen molar-refractivity contribution in [3.05, 3.63) is 12.2 Å². The molecule has 5 atom stereocenters. The molecule has 39 heavy (non-hydrogen) atoms. The third-order valence-electron chi connectivity index (χ3n) is 7.13. The van der Waals surface area contributed by atoms with Crippen LogP contribution in [0.1, 0.15) is 59.3 Å². The molecule has 218 valence electrons. The number of sulfonamides is 1. The van der Waals surface area contributed by atoms with Crippen molar-refractivity contribution in [1.29, 1.82) is 0 Å². The van der Waals surface area contributed by atoms with Crippen LogP contribution in [-0.2, 0) is 33.9 Å². The largest absolute Gasteiger partial charge is 0.444 e. The lowest BCUT2D eigenvalue weighted by Crippen LogP contribution is -2.59. The molecule has 4 rings (SSSR count). The van der Waals surface area contributed by atoms with Gasteiger partial charge < -0.3 is 30.1 Å². The smallest absolute Gasteiger partial charge is 0.408 e. The number of aliphatic hydroxyl groups is 1. The Bertz CT molecular complexity index is 1130. The zero-order chi connectivity index (χ0) is 28.6. The molecular formula is C25H38N4O9S. The standard InChI is InChI=1S/C25H38N4O9S/c1-24(2,3)38-23(34)26-18-14-37-10-6-4-5-7-15-12-25(15,22(33)28-39(35,36)17-8-9-17)27-20(31)19-11-16(30)13-29(19)21(18)32/h5,7,15-19,30H,4,6,8-14H2,1-3H3,(H,26,34)(H,27,31)(H,28,33)/b7-5-/t15-,16-,18+,19+,25-/m1/s1. The topological polar surface area (TPSA) is 180 Å². The zero-order valence-electron chi connectivity index (χ0n) is 22.5. The van der Waals surface area contributed by atoms with Crippen molar-refractivity contribution >= 4 is 33.8 Å². The molecule has 2 heterocycles. The molecule has 0 radical (unpaired) electrons. The van der Waals surface area contributed by atoms with Crippen LogP contribution in [0, 0.1) is 5.92 Å². The van der Waals surface area contributed by atoms with E-state index in [1.54, 1.807) is 26.8 Å². The van der Waals surface area contributed by atoms with E-state index < -0.39 is 74.3 Å². The highest BCUT2D eigenvalue weighted by atomic mass is 32.2. The van der Waals surface area contributed by atoms with Gasteiger partial charge in [-0.05, 0) is 52.9 Å². The van der Waals surface area contributed by atoms with Crippen LogP contribution in [0.2, 0.25) is 0 Å². The van der Waals surface area contributed by atoms with Crippen LogP contribution >= 0.6 is 0 Å². The van der Waals surface area contributed by atoms with Crippen molar-refractivity contribution in [3.8, 4) is 0 Å². The highest BCUT2D eigenvalue weighted by molar-refractivity contribution is 7.91. The van der Waals surface area contributed by atoms with Gasteiger partial charge >= 0.3 is 6.09 Å². The van der Waals surface area contributed by atoms with Crippen molar-refractivity contribution < 1.29 is 42.2 Å². The lowest BCUT2D eigenvalue weighted by atomic mass is 10.1. The Morgan fingerprint density at radius 2 is 1.97 bits per heavy atom. The second-order valence-electron chi connectivity index (χ2n) is 11.7. The van der Waals surface area contributed by atoms with E-state index in [1.807, 2.05) is 6.08 Å². The molecule has 0 aromatic rings. The molecule has 14 heteroatoms. The molecule has 0 bridgehead atoms. The lowest BCUT2D eigenvalue weighted by Gasteiger charge is -2.30. The summed E-state index contributed by atoms with van der Waals surface area (Å²) >= 11 is 0. The number of amides is 4. The summed E-state index contributed by atoms with van der Waals surface area (Å²) in [5.41, 5.74) is -2.29. The molecule has 2 saturated carbocycles. The Morgan fingerprint density at radius 3 is 2.64 bits per heavy atom. The summed E-state index contributed by atoms with van der Waals surface area (Å²) in [7, 11) is -3.85. The third-order valence-corrected chi connectivity index (χ3v) is 8.95. The predicted octanol–water partition coefficient (Wildman–Crippen LogP) is -0.309. The average molecular weight is 571 g/mol. The van der Waals surface area contributed by atoms with Gasteiger partial charge in [0.25, 0.3) is 5.91 Å². The maximum absolute atomic E-state index is 13.5. The summed E-state index contributed by atoms with van der Waals surface area (Å²) < 4.78 is 38.0. The average Bonchev–Trinajstić information content (AvgIpc) is 3.73. The summed E-state index contributed by atoms with van der Waals surface area (Å²) in [5.74, 6) is -2.58. The van der Waals surface area contributed by atoms with Gasteiger partial charge in [0.2, 0.25) is 21.8 Å². The van der Waals surface area contributed by atoms with E-state index in [0.29, 0.717) is 25.7 Å². The maximum Gasteiger partial charge on any atom is 0.408 e. The Labute approximate surface area is 228 Å². The predicted molar refractivity (Wildman–Crippen MR) is 138 cm³/mol. The van der Waals surface area contributed by atoms with Crippen LogP contribution in [-0.4, -0.2) is 96.6 Å². The molecule has 2 aliphatic carbocycles. The van der Waals surface area contributed by atoms with Gasteiger partial charge in [-0.15, -0.1) is 0 Å². The minimum absolute atomic E-state index is 0.0871. The molecule has 0 aromatic heterocycles. The summed E-state index contributed by atoms with van der Waals surface area (Å²) in [6.07, 6.45) is 4.01. The van der Waals surface area contributed by atoms with Crippen molar-refractivity contribution in [3.63, 3.8) is 0 Å². The minimum atomic E-state index is -3.85. The molecule has 13 nitrogen and oxygen atoms in total. The molecule has 2 aliphatic heterocycles. The Morgan fingerprint density at radius 1 is 1.26 bits per heavy atom. The zero-order valence-corrected chi connectivity index (χ0v) is 23.3. The number of carbonyl (C=O) groups is 4. The van der Waals surface area contributed by atoms with Crippen LogP contribution in [0.4, 0.5) is 4.79 Å². The summed E-state index contributed by atoms with van der Waals surface area (Å²) in [5, 5.41) is 15.0. The van der Waals surface area contributed by atoms with Gasteiger partial charge in [0.1, 0.15) is 23.2 Å². The maximum atomic E-state index is 13.5. The SMILES string of the molecule is CC(C)(C)OC(=O)N[C@H]1COCCC/C=C\[C@@H]2C[C@@]2(C(=O)NS(=O)(=O)C2CC2)NC(=O)[C@@H]2C[C@@H](O)CN2C1=O. The Hall–Kier alpha value is -2.71. The van der Waals surface area contributed by atoms with E-state index in [-0.39, 0.29) is 32.6 Å². The van der Waals surface area contributed by atoms with Crippen molar-refractivity contribution in [2.75, 3.05) is 19.8 Å². The molecule has 4 N–H and O–H groups in total. The van der Waals surface area contributed by atoms with Gasteiger partial charge in [-0.1, -0.05) is 12.2 Å². The number of alkyl carbamates (subject to hydrolysis) is 1. The Balaban J connectivity index is 1.57. The minimum Gasteiger partial charge on any atom is -0.444 e. The number of aliphatic hydroxyl groups excluding tert-OH is 1. The number of fused-ring (bicyclic) bond motifs is 2. The number of allylic oxidation sites excluding steroid dienone is 1. The monoisotopic (exact) mass is 570 g/mol. The fraction of sp³-hybridized carbons (Fsp3) is 0.760. The van der Waals surface area contributed by atoms with Crippen LogP contribution in [0.3, 0.4) is 0 Å². The van der Waals surface area contributed by atoms with Gasteiger partial charge in [0.05, 0.1) is 18.0 Å². The number of rotatable bonds is 4. The normalized spacial score (nSPS) is 33.0. The number of hydrogen-bond acceptors (Lipinski definition) is 9. The first-order valence-corrected chi connectivity index (χ1v) is 14.9. The molecule has 3 fully saturated rings. The fourth-order valence-corrected chi connectivity index (χ4v) is 6.23. The van der Waals surface area contributed by atoms with Crippen LogP contribution in [0.15, 0.2) is 12.2 Å². The molecule has 0 aromatic carbocycles. The highest BCUT2D eigenvalue weighted by Gasteiger charge is 2.62. The van der Waals surface area contributed by atoms with Crippen molar-refractivity contribution in [2.24, 2.45) is 5.92 Å². The molecule has 4 amide bonds. The van der Waals surface area contributed by atoms with Gasteiger partial charge in [-0.3, -0.25) is 19.1 Å². The van der Waals surface area contributed by atoms with E-state index >= 15 is 0 Å². The second-order valence-corrected chi connectivity index (χ2v) is 13.6. The molecule has 0 spiro atoms. The quantitative estimate of drug-likeness (QED) is 0.330. The highest BCUT2D eigenvalue weighted by Crippen LogP contribution is 2.46. The second kappa shape index (κ2) is 11.0. The molecule has 4 aliphatic rings. The first-order valence-electron chi connectivity index (χ1n) is 13.3. The number of ether oxygens (including phenoxy) is 2. The van der Waals surface area contributed by atoms with Crippen LogP contribution in [0.25, 0.3) is 0 Å². The third kappa shape index (κ3) is 7.09. The summed E-state index contributed by atoms with van der Waals surface area (Å²) in [4.78, 5) is 53.9. The number of nitrogens with zero attached hydrogens (tertiary/aromatic N) is 1. The number of nitrogens with one attached hydrogen (secondary N) is 3. The Kier molecular flexibility index (Phi) is 8.29. The van der Waals surface area contributed by atoms with Crippen LogP contribution < -0.4 is 15.4 Å². The van der Waals surface area contributed by atoms with Crippen LogP contribution in [0.5, 0.6) is 0 Å². The van der Waals surface area contributed by atoms with Gasteiger partial charge in [0, 0.05) is 25.5 Å². The van der Waals surface area contributed by atoms with Gasteiger partial charge in [-0.25, -0.2) is 13.2 Å². The van der Waals surface area contributed by atoms with Crippen molar-refractivity contribution in [1.82, 2.24) is 20.3 Å². The van der Waals surface area contributed by atoms with Crippen molar-refractivity contribution in [2.45, 2.75) is 93.9 Å². The summed E-state index contributed by atoms with van der Waals surface area (Å²) in [6.45, 7) is 4.99.